The number of hydrogen-bond donors (Lipinski definition) is 1. The van der Waals surface area contributed by atoms with E-state index >= 15 is 0 Å². The first-order valence-corrected chi connectivity index (χ1v) is 9.49. The van der Waals surface area contributed by atoms with Crippen molar-refractivity contribution in [3.05, 3.63) is 96.4 Å². The van der Waals surface area contributed by atoms with Crippen LogP contribution in [0.4, 0.5) is 10.1 Å². The Morgan fingerprint density at radius 2 is 1.74 bits per heavy atom. The molecule has 3 heterocycles. The second-order valence-corrected chi connectivity index (χ2v) is 6.77. The van der Waals surface area contributed by atoms with E-state index < -0.39 is 0 Å². The van der Waals surface area contributed by atoms with Crippen LogP contribution in [0.5, 0.6) is 0 Å². The van der Waals surface area contributed by atoms with Crippen LogP contribution in [0.2, 0.25) is 0 Å². The molecule has 0 aliphatic carbocycles. The predicted octanol–water partition coefficient (Wildman–Crippen LogP) is 4.24. The van der Waals surface area contributed by atoms with Crippen LogP contribution in [0.1, 0.15) is 10.4 Å². The minimum Gasteiger partial charge on any atom is -0.322 e. The van der Waals surface area contributed by atoms with Crippen molar-refractivity contribution in [1.82, 2.24) is 24.8 Å². The highest BCUT2D eigenvalue weighted by Crippen LogP contribution is 2.23. The van der Waals surface area contributed by atoms with E-state index in [0.717, 1.165) is 5.56 Å². The summed E-state index contributed by atoms with van der Waals surface area (Å²) >= 11 is 0. The summed E-state index contributed by atoms with van der Waals surface area (Å²) in [5, 5.41) is 15.8. The number of anilines is 1. The van der Waals surface area contributed by atoms with E-state index in [1.807, 2.05) is 48.5 Å². The Morgan fingerprint density at radius 1 is 0.871 bits per heavy atom. The number of amides is 1. The average Bonchev–Trinajstić information content (AvgIpc) is 3.23. The molecule has 0 saturated heterocycles. The molecule has 5 rings (SSSR count). The minimum atomic E-state index is -0.390. The molecule has 0 atom stereocenters. The fourth-order valence-corrected chi connectivity index (χ4v) is 3.16. The molecular formula is C23H15FN6O. The van der Waals surface area contributed by atoms with E-state index in [4.69, 9.17) is 0 Å². The Morgan fingerprint density at radius 3 is 2.55 bits per heavy atom. The monoisotopic (exact) mass is 410 g/mol. The summed E-state index contributed by atoms with van der Waals surface area (Å²) in [6.07, 6.45) is 1.69. The third-order valence-corrected chi connectivity index (χ3v) is 4.68. The van der Waals surface area contributed by atoms with Crippen LogP contribution in [0.3, 0.4) is 0 Å². The topological polar surface area (TPSA) is 85.1 Å². The quantitative estimate of drug-likeness (QED) is 0.479. The number of fused-ring (bicyclic) bond motifs is 1. The number of nitrogens with one attached hydrogen (secondary N) is 1. The highest BCUT2D eigenvalue weighted by atomic mass is 19.1. The van der Waals surface area contributed by atoms with E-state index in [-0.39, 0.29) is 11.7 Å². The Hall–Kier alpha value is -4.46. The van der Waals surface area contributed by atoms with Crippen LogP contribution in [-0.2, 0) is 0 Å². The van der Waals surface area contributed by atoms with Crippen LogP contribution in [0.25, 0.3) is 28.4 Å². The van der Waals surface area contributed by atoms with E-state index in [1.165, 1.54) is 24.3 Å². The van der Waals surface area contributed by atoms with Crippen LogP contribution in [0.15, 0.2) is 85.1 Å². The van der Waals surface area contributed by atoms with Crippen LogP contribution in [0, 0.1) is 5.82 Å². The summed E-state index contributed by atoms with van der Waals surface area (Å²) in [6.45, 7) is 0. The molecule has 0 bridgehead atoms. The first-order valence-electron chi connectivity index (χ1n) is 9.49. The number of aromatic nitrogens is 5. The molecular weight excluding hydrogens is 395 g/mol. The molecule has 0 spiro atoms. The number of carbonyl (C=O) groups excluding carboxylic acids is 1. The lowest BCUT2D eigenvalue weighted by atomic mass is 10.1. The average molecular weight is 410 g/mol. The van der Waals surface area contributed by atoms with Crippen molar-refractivity contribution in [3.8, 4) is 22.8 Å². The van der Waals surface area contributed by atoms with Gasteiger partial charge in [-0.1, -0.05) is 18.2 Å². The van der Waals surface area contributed by atoms with E-state index in [0.29, 0.717) is 34.1 Å². The maximum atomic E-state index is 13.1. The molecule has 2 aromatic carbocycles. The zero-order chi connectivity index (χ0) is 21.2. The van der Waals surface area contributed by atoms with Gasteiger partial charge in [-0.3, -0.25) is 9.78 Å². The van der Waals surface area contributed by atoms with Crippen molar-refractivity contribution in [2.45, 2.75) is 0 Å². The van der Waals surface area contributed by atoms with Gasteiger partial charge in [0, 0.05) is 23.0 Å². The molecule has 3 aromatic heterocycles. The Labute approximate surface area is 176 Å². The summed E-state index contributed by atoms with van der Waals surface area (Å²) in [5.74, 6) is -0.172. The summed E-state index contributed by atoms with van der Waals surface area (Å²) in [6, 6.07) is 21.9. The lowest BCUT2D eigenvalue weighted by Gasteiger charge is -2.08. The summed E-state index contributed by atoms with van der Waals surface area (Å²) in [4.78, 5) is 16.8. The van der Waals surface area contributed by atoms with Crippen LogP contribution < -0.4 is 5.32 Å². The fraction of sp³-hybridized carbons (Fsp3) is 0. The van der Waals surface area contributed by atoms with Crippen LogP contribution >= 0.6 is 0 Å². The van der Waals surface area contributed by atoms with Crippen molar-refractivity contribution in [2.24, 2.45) is 0 Å². The first kappa shape index (κ1) is 18.6. The van der Waals surface area contributed by atoms with Gasteiger partial charge in [0.05, 0.1) is 5.69 Å². The van der Waals surface area contributed by atoms with E-state index in [2.05, 4.69) is 25.6 Å². The zero-order valence-corrected chi connectivity index (χ0v) is 16.1. The largest absolute Gasteiger partial charge is 0.322 e. The molecule has 0 unspecified atom stereocenters. The lowest BCUT2D eigenvalue weighted by molar-refractivity contribution is 0.102. The highest BCUT2D eigenvalue weighted by Gasteiger charge is 2.12. The molecule has 1 N–H and O–H groups in total. The van der Waals surface area contributed by atoms with Gasteiger partial charge in [0.25, 0.3) is 5.91 Å². The molecule has 150 valence electrons. The molecule has 0 aliphatic rings. The van der Waals surface area contributed by atoms with Crippen molar-refractivity contribution in [3.63, 3.8) is 0 Å². The number of rotatable bonds is 4. The molecule has 8 heteroatoms. The number of nitrogens with zero attached hydrogens (tertiary/aromatic N) is 5. The van der Waals surface area contributed by atoms with Gasteiger partial charge in [-0.05, 0) is 60.7 Å². The number of benzene rings is 2. The maximum Gasteiger partial charge on any atom is 0.255 e. The summed E-state index contributed by atoms with van der Waals surface area (Å²) in [7, 11) is 0. The van der Waals surface area contributed by atoms with Crippen molar-refractivity contribution in [2.75, 3.05) is 5.32 Å². The third-order valence-electron chi connectivity index (χ3n) is 4.68. The molecule has 0 aliphatic heterocycles. The molecule has 1 amide bonds. The van der Waals surface area contributed by atoms with Gasteiger partial charge in [0.1, 0.15) is 11.5 Å². The van der Waals surface area contributed by atoms with Crippen LogP contribution in [-0.4, -0.2) is 30.7 Å². The van der Waals surface area contributed by atoms with Gasteiger partial charge in [-0.2, -0.15) is 9.61 Å². The van der Waals surface area contributed by atoms with Gasteiger partial charge in [-0.15, -0.1) is 10.2 Å². The minimum absolute atomic E-state index is 0.322. The fourth-order valence-electron chi connectivity index (χ4n) is 3.16. The lowest BCUT2D eigenvalue weighted by Crippen LogP contribution is -2.11. The van der Waals surface area contributed by atoms with Gasteiger partial charge in [0.2, 0.25) is 5.82 Å². The maximum absolute atomic E-state index is 13.1. The molecule has 0 fully saturated rings. The normalized spacial score (nSPS) is 10.9. The van der Waals surface area contributed by atoms with Crippen molar-refractivity contribution >= 4 is 17.2 Å². The predicted molar refractivity (Wildman–Crippen MR) is 114 cm³/mol. The van der Waals surface area contributed by atoms with Crippen molar-refractivity contribution in [1.29, 1.82) is 0 Å². The van der Waals surface area contributed by atoms with Gasteiger partial charge < -0.3 is 5.32 Å². The van der Waals surface area contributed by atoms with E-state index in [1.54, 1.807) is 16.8 Å². The zero-order valence-electron chi connectivity index (χ0n) is 16.1. The number of halogens is 1. The first-order chi connectivity index (χ1) is 15.2. The van der Waals surface area contributed by atoms with Gasteiger partial charge in [0.15, 0.2) is 5.65 Å². The second-order valence-electron chi connectivity index (χ2n) is 6.77. The number of hydrogen-bond acceptors (Lipinski definition) is 5. The molecule has 0 saturated carbocycles. The molecule has 0 radical (unpaired) electrons. The number of carbonyl (C=O) groups is 1. The summed E-state index contributed by atoms with van der Waals surface area (Å²) in [5.41, 5.74) is 3.73. The molecule has 31 heavy (non-hydrogen) atoms. The Bertz CT molecular complexity index is 1380. The second kappa shape index (κ2) is 7.75. The molecule has 5 aromatic rings. The Kier molecular flexibility index (Phi) is 4.64. The molecule has 7 nitrogen and oxygen atoms in total. The Balaban J connectivity index is 1.46. The highest BCUT2D eigenvalue weighted by molar-refractivity contribution is 6.04. The summed E-state index contributed by atoms with van der Waals surface area (Å²) < 4.78 is 14.7. The van der Waals surface area contributed by atoms with Gasteiger partial charge >= 0.3 is 0 Å². The van der Waals surface area contributed by atoms with Crippen molar-refractivity contribution < 1.29 is 9.18 Å². The van der Waals surface area contributed by atoms with E-state index in [9.17, 15) is 9.18 Å². The standard InChI is InChI=1S/C23H15FN6O/c24-17-9-7-15(8-10-17)23(31)26-18-5-3-4-16(14-18)19-11-12-21-27-28-22(30(21)29-19)20-6-1-2-13-25-20/h1-14H,(H,26,31). The third kappa shape index (κ3) is 3.74. The number of pyridine rings is 1. The SMILES string of the molecule is O=C(Nc1cccc(-c2ccc3nnc(-c4ccccn4)n3n2)c1)c1ccc(F)cc1. The van der Waals surface area contributed by atoms with Gasteiger partial charge in [-0.25, -0.2) is 4.39 Å². The smallest absolute Gasteiger partial charge is 0.255 e.